The zero-order valence-electron chi connectivity index (χ0n) is 13.9. The van der Waals surface area contributed by atoms with E-state index >= 15 is 0 Å². The monoisotopic (exact) mass is 361 g/mol. The molecular formula is C18H19NO5S. The molecule has 25 heavy (non-hydrogen) atoms. The van der Waals surface area contributed by atoms with Crippen LogP contribution in [0.25, 0.3) is 0 Å². The molecule has 2 rings (SSSR count). The highest BCUT2D eigenvalue weighted by Gasteiger charge is 2.17. The molecule has 0 amide bonds. The van der Waals surface area contributed by atoms with Crippen LogP contribution in [0.4, 0.5) is 5.69 Å². The first-order valence-corrected chi connectivity index (χ1v) is 9.12. The van der Waals surface area contributed by atoms with Crippen LogP contribution in [0.1, 0.15) is 34.3 Å². The number of carboxylic acid groups (broad SMARTS) is 1. The highest BCUT2D eigenvalue weighted by Crippen LogP contribution is 2.21. The molecule has 0 aliphatic rings. The maximum atomic E-state index is 12.5. The van der Waals surface area contributed by atoms with E-state index in [4.69, 9.17) is 5.11 Å². The molecule has 0 bridgehead atoms. The van der Waals surface area contributed by atoms with Crippen LogP contribution in [0, 0.1) is 13.8 Å². The smallest absolute Gasteiger partial charge is 0.303 e. The molecule has 0 aliphatic heterocycles. The van der Waals surface area contributed by atoms with Gasteiger partial charge in [0, 0.05) is 17.7 Å². The first-order chi connectivity index (χ1) is 11.7. The van der Waals surface area contributed by atoms with E-state index in [2.05, 4.69) is 4.72 Å². The topological polar surface area (TPSA) is 101 Å². The highest BCUT2D eigenvalue weighted by atomic mass is 32.2. The van der Waals surface area contributed by atoms with Gasteiger partial charge in [-0.25, -0.2) is 8.42 Å². The van der Waals surface area contributed by atoms with Crippen molar-refractivity contribution in [3.8, 4) is 0 Å². The lowest BCUT2D eigenvalue weighted by Crippen LogP contribution is -2.14. The van der Waals surface area contributed by atoms with Crippen molar-refractivity contribution >= 4 is 27.5 Å². The van der Waals surface area contributed by atoms with Crippen molar-refractivity contribution in [3.05, 3.63) is 59.2 Å². The zero-order chi connectivity index (χ0) is 18.6. The van der Waals surface area contributed by atoms with E-state index in [1.54, 1.807) is 25.1 Å². The number of sulfonamides is 1. The summed E-state index contributed by atoms with van der Waals surface area (Å²) < 4.78 is 27.5. The largest absolute Gasteiger partial charge is 0.481 e. The SMILES string of the molecule is Cc1ccc(S(=O)(=O)Nc2ccc(C(=O)CCC(=O)O)cc2)c(C)c1. The number of anilines is 1. The minimum atomic E-state index is -3.73. The van der Waals surface area contributed by atoms with Crippen molar-refractivity contribution in [2.24, 2.45) is 0 Å². The second-order valence-electron chi connectivity index (χ2n) is 5.77. The Morgan fingerprint density at radius 1 is 1.00 bits per heavy atom. The fraction of sp³-hybridized carbons (Fsp3) is 0.222. The molecule has 0 fully saturated rings. The van der Waals surface area contributed by atoms with E-state index in [-0.39, 0.29) is 23.5 Å². The zero-order valence-corrected chi connectivity index (χ0v) is 14.8. The lowest BCUT2D eigenvalue weighted by atomic mass is 10.1. The van der Waals surface area contributed by atoms with Gasteiger partial charge in [0.05, 0.1) is 11.3 Å². The van der Waals surface area contributed by atoms with Crippen LogP contribution in [0.2, 0.25) is 0 Å². The maximum absolute atomic E-state index is 12.5. The fourth-order valence-corrected chi connectivity index (χ4v) is 3.69. The van der Waals surface area contributed by atoms with E-state index < -0.39 is 16.0 Å². The molecule has 0 unspecified atom stereocenters. The summed E-state index contributed by atoms with van der Waals surface area (Å²) in [5, 5.41) is 8.60. The molecule has 2 aromatic carbocycles. The summed E-state index contributed by atoms with van der Waals surface area (Å²) in [7, 11) is -3.73. The number of rotatable bonds is 7. The van der Waals surface area contributed by atoms with Crippen LogP contribution < -0.4 is 4.72 Å². The number of aryl methyl sites for hydroxylation is 2. The average Bonchev–Trinajstić information content (AvgIpc) is 2.52. The number of benzene rings is 2. The normalized spacial score (nSPS) is 11.1. The molecule has 132 valence electrons. The molecule has 0 saturated carbocycles. The number of carboxylic acids is 1. The quantitative estimate of drug-likeness (QED) is 0.738. The van der Waals surface area contributed by atoms with Crippen LogP contribution in [0.5, 0.6) is 0 Å². The number of Topliss-reactive ketones (excluding diaryl/α,β-unsaturated/α-hetero) is 1. The molecule has 6 nitrogen and oxygen atoms in total. The Hall–Kier alpha value is -2.67. The van der Waals surface area contributed by atoms with Crippen LogP contribution in [0.15, 0.2) is 47.4 Å². The van der Waals surface area contributed by atoms with E-state index in [0.29, 0.717) is 16.8 Å². The van der Waals surface area contributed by atoms with Crippen molar-refractivity contribution in [1.29, 1.82) is 0 Å². The third-order valence-electron chi connectivity index (χ3n) is 3.64. The van der Waals surface area contributed by atoms with Gasteiger partial charge in [-0.2, -0.15) is 0 Å². The Balaban J connectivity index is 2.15. The lowest BCUT2D eigenvalue weighted by Gasteiger charge is -2.11. The van der Waals surface area contributed by atoms with Crippen molar-refractivity contribution < 1.29 is 23.1 Å². The van der Waals surface area contributed by atoms with Crippen LogP contribution >= 0.6 is 0 Å². The first kappa shape index (κ1) is 18.7. The first-order valence-electron chi connectivity index (χ1n) is 7.64. The summed E-state index contributed by atoms with van der Waals surface area (Å²) in [6.45, 7) is 3.61. The Morgan fingerprint density at radius 3 is 2.20 bits per heavy atom. The van der Waals surface area contributed by atoms with Crippen molar-refractivity contribution in [1.82, 2.24) is 0 Å². The van der Waals surface area contributed by atoms with Gasteiger partial charge in [-0.15, -0.1) is 0 Å². The second kappa shape index (κ2) is 7.48. The number of hydrogen-bond donors (Lipinski definition) is 2. The standard InChI is InChI=1S/C18H19NO5S/c1-12-3-9-17(13(2)11-12)25(23,24)19-15-6-4-14(5-7-15)16(20)8-10-18(21)22/h3-7,9,11,19H,8,10H2,1-2H3,(H,21,22). The van der Waals surface area contributed by atoms with Crippen LogP contribution in [-0.4, -0.2) is 25.3 Å². The Morgan fingerprint density at radius 2 is 1.64 bits per heavy atom. The van der Waals surface area contributed by atoms with Crippen molar-refractivity contribution in [2.75, 3.05) is 4.72 Å². The molecule has 7 heteroatoms. The van der Waals surface area contributed by atoms with Gasteiger partial charge in [-0.1, -0.05) is 17.7 Å². The van der Waals surface area contributed by atoms with Crippen molar-refractivity contribution in [3.63, 3.8) is 0 Å². The van der Waals surface area contributed by atoms with E-state index in [0.717, 1.165) is 5.56 Å². The molecule has 0 aromatic heterocycles. The summed E-state index contributed by atoms with van der Waals surface area (Å²) in [6, 6.07) is 11.0. The summed E-state index contributed by atoms with van der Waals surface area (Å²) in [5.74, 6) is -1.34. The van der Waals surface area contributed by atoms with Gasteiger partial charge in [0.2, 0.25) is 0 Å². The predicted octanol–water partition coefficient (Wildman–Crippen LogP) is 3.15. The Bertz CT molecular complexity index is 902. The number of aliphatic carboxylic acids is 1. The van der Waals surface area contributed by atoms with Gasteiger partial charge >= 0.3 is 5.97 Å². The molecule has 0 spiro atoms. The molecule has 0 aliphatic carbocycles. The number of carbonyl (C=O) groups excluding carboxylic acids is 1. The lowest BCUT2D eigenvalue weighted by molar-refractivity contribution is -0.136. The van der Waals surface area contributed by atoms with Gasteiger partial charge < -0.3 is 5.11 Å². The minimum Gasteiger partial charge on any atom is -0.481 e. The van der Waals surface area contributed by atoms with E-state index in [1.165, 1.54) is 24.3 Å². The summed E-state index contributed by atoms with van der Waals surface area (Å²) >= 11 is 0. The number of nitrogens with one attached hydrogen (secondary N) is 1. The average molecular weight is 361 g/mol. The summed E-state index contributed by atoms with van der Waals surface area (Å²) in [6.07, 6.45) is -0.330. The van der Waals surface area contributed by atoms with Crippen molar-refractivity contribution in [2.45, 2.75) is 31.6 Å². The number of carbonyl (C=O) groups is 2. The molecule has 2 N–H and O–H groups in total. The fourth-order valence-electron chi connectivity index (χ4n) is 2.40. The Labute approximate surface area is 146 Å². The van der Waals surface area contributed by atoms with Gasteiger partial charge in [0.25, 0.3) is 10.0 Å². The molecule has 0 radical (unpaired) electrons. The minimum absolute atomic E-state index is 0.0943. The third kappa shape index (κ3) is 4.90. The summed E-state index contributed by atoms with van der Waals surface area (Å²) in [4.78, 5) is 22.5. The summed E-state index contributed by atoms with van der Waals surface area (Å²) in [5.41, 5.74) is 2.29. The number of ketones is 1. The van der Waals surface area contributed by atoms with E-state index in [9.17, 15) is 18.0 Å². The number of hydrogen-bond acceptors (Lipinski definition) is 4. The molecule has 0 heterocycles. The molecule has 0 atom stereocenters. The van der Waals surface area contributed by atoms with Gasteiger partial charge in [-0.3, -0.25) is 14.3 Å². The second-order valence-corrected chi connectivity index (χ2v) is 7.42. The van der Waals surface area contributed by atoms with Gasteiger partial charge in [0.15, 0.2) is 5.78 Å². The third-order valence-corrected chi connectivity index (χ3v) is 5.19. The Kier molecular flexibility index (Phi) is 5.58. The highest BCUT2D eigenvalue weighted by molar-refractivity contribution is 7.92. The maximum Gasteiger partial charge on any atom is 0.303 e. The van der Waals surface area contributed by atoms with E-state index in [1.807, 2.05) is 6.92 Å². The van der Waals surface area contributed by atoms with Crippen LogP contribution in [-0.2, 0) is 14.8 Å². The van der Waals surface area contributed by atoms with Crippen LogP contribution in [0.3, 0.4) is 0 Å². The van der Waals surface area contributed by atoms with Gasteiger partial charge in [-0.05, 0) is 49.7 Å². The predicted molar refractivity (Wildman–Crippen MR) is 94.4 cm³/mol. The molecule has 2 aromatic rings. The molecular weight excluding hydrogens is 342 g/mol. The molecule has 0 saturated heterocycles. The van der Waals surface area contributed by atoms with Gasteiger partial charge in [0.1, 0.15) is 0 Å².